The molecule has 0 amide bonds. The minimum atomic E-state index is 0.621. The van der Waals surface area contributed by atoms with Gasteiger partial charge in [-0.1, -0.05) is 31.3 Å². The number of benzene rings is 1. The number of ether oxygens (including phenoxy) is 1. The molecule has 0 radical (unpaired) electrons. The molecule has 5 heteroatoms. The van der Waals surface area contributed by atoms with Gasteiger partial charge in [-0.25, -0.2) is 9.50 Å². The van der Waals surface area contributed by atoms with Gasteiger partial charge in [0.2, 0.25) is 4.96 Å². The molecule has 0 fully saturated rings. The third kappa shape index (κ3) is 1.95. The van der Waals surface area contributed by atoms with E-state index in [4.69, 9.17) is 14.8 Å². The van der Waals surface area contributed by atoms with Crippen LogP contribution in [0.4, 0.5) is 0 Å². The molecule has 108 valence electrons. The first kappa shape index (κ1) is 12.8. The molecule has 0 spiro atoms. The number of rotatable bonds is 3. The highest BCUT2D eigenvalue weighted by Gasteiger charge is 2.26. The first-order valence-corrected chi connectivity index (χ1v) is 8.02. The molecule has 3 aromatic rings. The molecule has 1 aliphatic carbocycles. The van der Waals surface area contributed by atoms with Crippen LogP contribution in [0.1, 0.15) is 30.1 Å². The van der Waals surface area contributed by atoms with E-state index in [-0.39, 0.29) is 0 Å². The SMILES string of the molecule is COc1ccc2c(c1)-c1nc3sc(CC(C)C)nn3c1C2. The zero-order valence-electron chi connectivity index (χ0n) is 12.4. The van der Waals surface area contributed by atoms with Crippen LogP contribution in [-0.2, 0) is 12.8 Å². The molecule has 4 rings (SSSR count). The third-order valence-corrected chi connectivity index (χ3v) is 4.78. The van der Waals surface area contributed by atoms with Gasteiger partial charge in [0.25, 0.3) is 0 Å². The molecular weight excluding hydrogens is 282 g/mol. The van der Waals surface area contributed by atoms with Crippen LogP contribution in [0.5, 0.6) is 5.75 Å². The van der Waals surface area contributed by atoms with Crippen molar-refractivity contribution in [1.82, 2.24) is 14.6 Å². The Morgan fingerprint density at radius 3 is 3.00 bits per heavy atom. The predicted molar refractivity (Wildman–Crippen MR) is 84.2 cm³/mol. The van der Waals surface area contributed by atoms with Crippen molar-refractivity contribution < 1.29 is 4.74 Å². The summed E-state index contributed by atoms with van der Waals surface area (Å²) in [6.45, 7) is 4.44. The van der Waals surface area contributed by atoms with Crippen molar-refractivity contribution in [3.63, 3.8) is 0 Å². The molecular formula is C16H17N3OS. The summed E-state index contributed by atoms with van der Waals surface area (Å²) in [5.74, 6) is 1.50. The second kappa shape index (κ2) is 4.56. The average Bonchev–Trinajstić information content (AvgIpc) is 3.07. The molecule has 2 aromatic heterocycles. The van der Waals surface area contributed by atoms with Crippen molar-refractivity contribution in [2.75, 3.05) is 7.11 Å². The fourth-order valence-corrected chi connectivity index (χ4v) is 4.00. The fraction of sp³-hybridized carbons (Fsp3) is 0.375. The number of nitrogens with zero attached hydrogens (tertiary/aromatic N) is 3. The Kier molecular flexibility index (Phi) is 2.79. The van der Waals surface area contributed by atoms with E-state index >= 15 is 0 Å². The van der Waals surface area contributed by atoms with Crippen LogP contribution in [0.3, 0.4) is 0 Å². The first-order chi connectivity index (χ1) is 10.2. The largest absolute Gasteiger partial charge is 0.497 e. The standard InChI is InChI=1S/C16H17N3OS/c1-9(2)6-14-18-19-13-7-10-4-5-11(20-3)8-12(10)15(13)17-16(19)21-14/h4-5,8-9H,6-7H2,1-3H3. The highest BCUT2D eigenvalue weighted by atomic mass is 32.1. The molecule has 0 bridgehead atoms. The van der Waals surface area contributed by atoms with E-state index in [0.717, 1.165) is 29.2 Å². The summed E-state index contributed by atoms with van der Waals surface area (Å²) >= 11 is 1.70. The van der Waals surface area contributed by atoms with Crippen LogP contribution in [0.2, 0.25) is 0 Å². The van der Waals surface area contributed by atoms with E-state index in [2.05, 4.69) is 26.0 Å². The van der Waals surface area contributed by atoms with Crippen molar-refractivity contribution in [1.29, 1.82) is 0 Å². The normalized spacial score (nSPS) is 13.0. The molecule has 21 heavy (non-hydrogen) atoms. The zero-order valence-corrected chi connectivity index (χ0v) is 13.2. The van der Waals surface area contributed by atoms with Crippen LogP contribution in [0.15, 0.2) is 18.2 Å². The van der Waals surface area contributed by atoms with Gasteiger partial charge in [-0.05, 0) is 23.6 Å². The monoisotopic (exact) mass is 299 g/mol. The van der Waals surface area contributed by atoms with Crippen molar-refractivity contribution >= 4 is 16.3 Å². The maximum Gasteiger partial charge on any atom is 0.212 e. The van der Waals surface area contributed by atoms with E-state index in [1.807, 2.05) is 10.6 Å². The van der Waals surface area contributed by atoms with Crippen LogP contribution in [0, 0.1) is 5.92 Å². The molecule has 0 N–H and O–H groups in total. The number of imidazole rings is 1. The molecule has 4 nitrogen and oxygen atoms in total. The molecule has 0 saturated carbocycles. The summed E-state index contributed by atoms with van der Waals surface area (Å²) in [5.41, 5.74) is 4.77. The van der Waals surface area contributed by atoms with Gasteiger partial charge in [-0.3, -0.25) is 0 Å². The number of methoxy groups -OCH3 is 1. The quantitative estimate of drug-likeness (QED) is 0.580. The van der Waals surface area contributed by atoms with Crippen molar-refractivity contribution in [2.45, 2.75) is 26.7 Å². The lowest BCUT2D eigenvalue weighted by Gasteiger charge is -2.02. The van der Waals surface area contributed by atoms with Crippen molar-refractivity contribution in [2.24, 2.45) is 5.92 Å². The lowest BCUT2D eigenvalue weighted by molar-refractivity contribution is 0.415. The molecule has 0 saturated heterocycles. The van der Waals surface area contributed by atoms with Gasteiger partial charge in [0.05, 0.1) is 18.5 Å². The number of hydrogen-bond donors (Lipinski definition) is 0. The smallest absolute Gasteiger partial charge is 0.212 e. The number of aromatic nitrogens is 3. The Hall–Kier alpha value is -1.88. The Morgan fingerprint density at radius 1 is 1.38 bits per heavy atom. The van der Waals surface area contributed by atoms with E-state index < -0.39 is 0 Å². The Balaban J connectivity index is 1.82. The van der Waals surface area contributed by atoms with Gasteiger partial charge in [0.15, 0.2) is 0 Å². The van der Waals surface area contributed by atoms with Crippen molar-refractivity contribution in [3.05, 3.63) is 34.5 Å². The zero-order chi connectivity index (χ0) is 14.6. The summed E-state index contributed by atoms with van der Waals surface area (Å²) < 4.78 is 7.36. The molecule has 0 aliphatic heterocycles. The van der Waals surface area contributed by atoms with Crippen molar-refractivity contribution in [3.8, 4) is 17.0 Å². The second-order valence-electron chi connectivity index (χ2n) is 5.90. The first-order valence-electron chi connectivity index (χ1n) is 7.20. The summed E-state index contributed by atoms with van der Waals surface area (Å²) in [6, 6.07) is 6.22. The number of hydrogen-bond acceptors (Lipinski definition) is 4. The lowest BCUT2D eigenvalue weighted by atomic mass is 10.1. The Bertz CT molecular complexity index is 832. The van der Waals surface area contributed by atoms with Crippen LogP contribution >= 0.6 is 11.3 Å². The van der Waals surface area contributed by atoms with Gasteiger partial charge in [0, 0.05) is 18.4 Å². The van der Waals surface area contributed by atoms with E-state index in [1.54, 1.807) is 18.4 Å². The maximum atomic E-state index is 5.33. The molecule has 1 aliphatic rings. The Morgan fingerprint density at radius 2 is 2.24 bits per heavy atom. The number of fused-ring (bicyclic) bond motifs is 5. The second-order valence-corrected chi connectivity index (χ2v) is 6.94. The topological polar surface area (TPSA) is 39.4 Å². The molecule has 0 unspecified atom stereocenters. The highest BCUT2D eigenvalue weighted by Crippen LogP contribution is 2.39. The minimum Gasteiger partial charge on any atom is -0.497 e. The summed E-state index contributed by atoms with van der Waals surface area (Å²) in [5, 5.41) is 5.92. The molecule has 2 heterocycles. The Labute approximate surface area is 127 Å². The summed E-state index contributed by atoms with van der Waals surface area (Å²) in [7, 11) is 1.70. The van der Waals surface area contributed by atoms with Gasteiger partial charge < -0.3 is 4.74 Å². The highest BCUT2D eigenvalue weighted by molar-refractivity contribution is 7.16. The van der Waals surface area contributed by atoms with E-state index in [1.165, 1.54) is 21.8 Å². The van der Waals surface area contributed by atoms with Gasteiger partial charge in [0.1, 0.15) is 10.8 Å². The average molecular weight is 299 g/mol. The predicted octanol–water partition coefficient (Wildman–Crippen LogP) is 3.57. The fourth-order valence-electron chi connectivity index (χ4n) is 2.87. The lowest BCUT2D eigenvalue weighted by Crippen LogP contribution is -1.97. The molecule has 1 aromatic carbocycles. The van der Waals surface area contributed by atoms with Crippen LogP contribution < -0.4 is 4.74 Å². The van der Waals surface area contributed by atoms with E-state index in [9.17, 15) is 0 Å². The summed E-state index contributed by atoms with van der Waals surface area (Å²) in [6.07, 6.45) is 1.92. The van der Waals surface area contributed by atoms with Crippen LogP contribution in [-0.4, -0.2) is 21.7 Å². The van der Waals surface area contributed by atoms with Gasteiger partial charge >= 0.3 is 0 Å². The van der Waals surface area contributed by atoms with Gasteiger partial charge in [-0.15, -0.1) is 0 Å². The van der Waals surface area contributed by atoms with Crippen LogP contribution in [0.25, 0.3) is 16.2 Å². The minimum absolute atomic E-state index is 0.621. The van der Waals surface area contributed by atoms with Gasteiger partial charge in [-0.2, -0.15) is 5.10 Å². The molecule has 0 atom stereocenters. The third-order valence-electron chi connectivity index (χ3n) is 3.85. The summed E-state index contributed by atoms with van der Waals surface area (Å²) in [4.78, 5) is 5.81. The maximum absolute atomic E-state index is 5.33. The van der Waals surface area contributed by atoms with E-state index in [0.29, 0.717) is 5.92 Å².